The van der Waals surface area contributed by atoms with Crippen LogP contribution in [0.1, 0.15) is 31.9 Å². The minimum absolute atomic E-state index is 0.252. The molecule has 1 aliphatic heterocycles. The van der Waals surface area contributed by atoms with E-state index in [1.165, 1.54) is 4.90 Å². The minimum atomic E-state index is -0.648. The van der Waals surface area contributed by atoms with Gasteiger partial charge in [0.1, 0.15) is 11.6 Å². The Hall–Kier alpha value is -2.53. The van der Waals surface area contributed by atoms with Gasteiger partial charge in [-0.1, -0.05) is 35.9 Å². The summed E-state index contributed by atoms with van der Waals surface area (Å²) in [5, 5.41) is 3.46. The molecule has 27 heavy (non-hydrogen) atoms. The number of nitrogens with one attached hydrogen (secondary N) is 1. The summed E-state index contributed by atoms with van der Waals surface area (Å²) in [7, 11) is 0. The average Bonchev–Trinajstić information content (AvgIpc) is 2.61. The molecular formula is C21H23ClN2O3. The van der Waals surface area contributed by atoms with Crippen LogP contribution in [-0.2, 0) is 22.5 Å². The Bertz CT molecular complexity index is 843. The van der Waals surface area contributed by atoms with Gasteiger partial charge < -0.3 is 10.1 Å². The van der Waals surface area contributed by atoms with Crippen molar-refractivity contribution in [1.82, 2.24) is 4.90 Å². The Morgan fingerprint density at radius 2 is 1.70 bits per heavy atom. The number of halogens is 1. The Morgan fingerprint density at radius 3 is 2.33 bits per heavy atom. The normalized spacial score (nSPS) is 16.4. The molecular weight excluding hydrogens is 364 g/mol. The summed E-state index contributed by atoms with van der Waals surface area (Å²) in [4.78, 5) is 27.2. The van der Waals surface area contributed by atoms with Crippen LogP contribution in [0.2, 0.25) is 5.02 Å². The van der Waals surface area contributed by atoms with E-state index in [4.69, 9.17) is 16.3 Å². The third-order valence-electron chi connectivity index (χ3n) is 4.29. The summed E-state index contributed by atoms with van der Waals surface area (Å²) in [6.07, 6.45) is -0.0530. The largest absolute Gasteiger partial charge is 0.444 e. The van der Waals surface area contributed by atoms with Gasteiger partial charge in [-0.15, -0.1) is 0 Å². The standard InChI is InChI=1S/C21H23ClN2O3/c1-21(2,3)27-20(26)24-13-15-7-5-4-6-14(15)12-18(24)19(25)23-17-10-8-16(22)9-11-17/h4-11,18H,12-13H2,1-3H3,(H,23,25). The smallest absolute Gasteiger partial charge is 0.411 e. The molecule has 0 aliphatic carbocycles. The molecule has 1 aliphatic rings. The van der Waals surface area contributed by atoms with Gasteiger partial charge in [0.2, 0.25) is 5.91 Å². The first-order valence-electron chi connectivity index (χ1n) is 8.86. The molecule has 3 rings (SSSR count). The van der Waals surface area contributed by atoms with Crippen LogP contribution in [-0.4, -0.2) is 28.5 Å². The van der Waals surface area contributed by atoms with E-state index < -0.39 is 17.7 Å². The molecule has 0 fully saturated rings. The SMILES string of the molecule is CC(C)(C)OC(=O)N1Cc2ccccc2CC1C(=O)Nc1ccc(Cl)cc1. The van der Waals surface area contributed by atoms with Gasteiger partial charge in [0.25, 0.3) is 0 Å². The number of benzene rings is 2. The molecule has 0 spiro atoms. The Kier molecular flexibility index (Phi) is 5.42. The first-order chi connectivity index (χ1) is 12.7. The molecule has 1 heterocycles. The Labute approximate surface area is 164 Å². The molecule has 2 aromatic carbocycles. The van der Waals surface area contributed by atoms with Crippen molar-refractivity contribution in [2.75, 3.05) is 5.32 Å². The number of fused-ring (bicyclic) bond motifs is 1. The number of amides is 2. The second-order valence-electron chi connectivity index (χ2n) is 7.59. The molecule has 6 heteroatoms. The number of hydrogen-bond donors (Lipinski definition) is 1. The maximum Gasteiger partial charge on any atom is 0.411 e. The van der Waals surface area contributed by atoms with Crippen molar-refractivity contribution in [3.05, 3.63) is 64.7 Å². The lowest BCUT2D eigenvalue weighted by Crippen LogP contribution is -2.52. The lowest BCUT2D eigenvalue weighted by Gasteiger charge is -2.36. The van der Waals surface area contributed by atoms with Crippen LogP contribution in [0, 0.1) is 0 Å². The van der Waals surface area contributed by atoms with Gasteiger partial charge in [0.15, 0.2) is 0 Å². The van der Waals surface area contributed by atoms with E-state index in [0.29, 0.717) is 23.7 Å². The summed E-state index contributed by atoms with van der Waals surface area (Å²) >= 11 is 5.90. The lowest BCUT2D eigenvalue weighted by atomic mass is 9.93. The lowest BCUT2D eigenvalue weighted by molar-refractivity contribution is -0.121. The summed E-state index contributed by atoms with van der Waals surface area (Å²) < 4.78 is 5.53. The number of carbonyl (C=O) groups excluding carboxylic acids is 2. The number of anilines is 1. The molecule has 1 N–H and O–H groups in total. The van der Waals surface area contributed by atoms with Crippen LogP contribution in [0.3, 0.4) is 0 Å². The van der Waals surface area contributed by atoms with Crippen LogP contribution in [0.15, 0.2) is 48.5 Å². The molecule has 2 aromatic rings. The molecule has 0 bridgehead atoms. The summed E-state index contributed by atoms with van der Waals surface area (Å²) in [6, 6.07) is 14.1. The zero-order chi connectivity index (χ0) is 19.6. The predicted molar refractivity (Wildman–Crippen MR) is 106 cm³/mol. The van der Waals surface area contributed by atoms with Gasteiger partial charge in [0, 0.05) is 17.1 Å². The van der Waals surface area contributed by atoms with Crippen molar-refractivity contribution in [3.63, 3.8) is 0 Å². The fourth-order valence-corrected chi connectivity index (χ4v) is 3.15. The van der Waals surface area contributed by atoms with Gasteiger partial charge in [-0.05, 0) is 56.2 Å². The second kappa shape index (κ2) is 7.61. The van der Waals surface area contributed by atoms with Gasteiger partial charge in [0.05, 0.1) is 6.54 Å². The minimum Gasteiger partial charge on any atom is -0.444 e. The molecule has 0 saturated heterocycles. The Morgan fingerprint density at radius 1 is 1.07 bits per heavy atom. The van der Waals surface area contributed by atoms with E-state index in [9.17, 15) is 9.59 Å². The molecule has 0 aromatic heterocycles. The van der Waals surface area contributed by atoms with E-state index in [0.717, 1.165) is 11.1 Å². The van der Waals surface area contributed by atoms with E-state index >= 15 is 0 Å². The summed E-state index contributed by atoms with van der Waals surface area (Å²) in [5.74, 6) is -0.252. The summed E-state index contributed by atoms with van der Waals surface area (Å²) in [5.41, 5.74) is 2.09. The zero-order valence-electron chi connectivity index (χ0n) is 15.7. The quantitative estimate of drug-likeness (QED) is 0.817. The fourth-order valence-electron chi connectivity index (χ4n) is 3.03. The third kappa shape index (κ3) is 4.80. The first-order valence-corrected chi connectivity index (χ1v) is 9.23. The number of carbonyl (C=O) groups is 2. The highest BCUT2D eigenvalue weighted by molar-refractivity contribution is 6.30. The van der Waals surface area contributed by atoms with E-state index in [1.54, 1.807) is 24.3 Å². The molecule has 142 valence electrons. The summed E-state index contributed by atoms with van der Waals surface area (Å²) in [6.45, 7) is 5.77. The van der Waals surface area contributed by atoms with Crippen molar-refractivity contribution in [1.29, 1.82) is 0 Å². The second-order valence-corrected chi connectivity index (χ2v) is 8.03. The van der Waals surface area contributed by atoms with Crippen LogP contribution in [0.5, 0.6) is 0 Å². The van der Waals surface area contributed by atoms with Crippen molar-refractivity contribution >= 4 is 29.3 Å². The third-order valence-corrected chi connectivity index (χ3v) is 4.54. The van der Waals surface area contributed by atoms with Crippen molar-refractivity contribution in [2.45, 2.75) is 45.4 Å². The monoisotopic (exact) mass is 386 g/mol. The fraction of sp³-hybridized carbons (Fsp3) is 0.333. The zero-order valence-corrected chi connectivity index (χ0v) is 16.4. The van der Waals surface area contributed by atoms with Gasteiger partial charge in [-0.3, -0.25) is 9.69 Å². The average molecular weight is 387 g/mol. The van der Waals surface area contributed by atoms with E-state index in [2.05, 4.69) is 5.32 Å². The molecule has 1 atom stereocenters. The highest BCUT2D eigenvalue weighted by Crippen LogP contribution is 2.26. The van der Waals surface area contributed by atoms with Gasteiger partial charge in [-0.25, -0.2) is 4.79 Å². The van der Waals surface area contributed by atoms with Gasteiger partial charge >= 0.3 is 6.09 Å². The van der Waals surface area contributed by atoms with Crippen LogP contribution in [0.25, 0.3) is 0 Å². The van der Waals surface area contributed by atoms with Crippen molar-refractivity contribution in [3.8, 4) is 0 Å². The molecule has 2 amide bonds. The molecule has 0 radical (unpaired) electrons. The number of hydrogen-bond acceptors (Lipinski definition) is 3. The van der Waals surface area contributed by atoms with Crippen LogP contribution < -0.4 is 5.32 Å². The Balaban J connectivity index is 1.85. The highest BCUT2D eigenvalue weighted by Gasteiger charge is 2.36. The number of nitrogens with zero attached hydrogens (tertiary/aromatic N) is 1. The number of rotatable bonds is 2. The maximum atomic E-state index is 12.9. The molecule has 1 unspecified atom stereocenters. The van der Waals surface area contributed by atoms with Crippen molar-refractivity contribution in [2.24, 2.45) is 0 Å². The van der Waals surface area contributed by atoms with Crippen LogP contribution in [0.4, 0.5) is 10.5 Å². The maximum absolute atomic E-state index is 12.9. The van der Waals surface area contributed by atoms with Crippen LogP contribution >= 0.6 is 11.6 Å². The van der Waals surface area contributed by atoms with E-state index in [1.807, 2.05) is 45.0 Å². The first kappa shape index (κ1) is 19.2. The van der Waals surface area contributed by atoms with Crippen molar-refractivity contribution < 1.29 is 14.3 Å². The molecule has 0 saturated carbocycles. The molecule has 5 nitrogen and oxygen atoms in total. The highest BCUT2D eigenvalue weighted by atomic mass is 35.5. The predicted octanol–water partition coefficient (Wildman–Crippen LogP) is 4.64. The van der Waals surface area contributed by atoms with Gasteiger partial charge in [-0.2, -0.15) is 0 Å². The van der Waals surface area contributed by atoms with E-state index in [-0.39, 0.29) is 5.91 Å². The topological polar surface area (TPSA) is 58.6 Å². The number of ether oxygens (including phenoxy) is 1.